The number of carbonyl (C=O) groups is 1. The van der Waals surface area contributed by atoms with Crippen LogP contribution in [0.5, 0.6) is 0 Å². The summed E-state index contributed by atoms with van der Waals surface area (Å²) in [6, 6.07) is 4.25. The minimum absolute atomic E-state index is 0.107. The van der Waals surface area contributed by atoms with Crippen LogP contribution in [-0.4, -0.2) is 35.2 Å². The molecular formula is C13H19FN2O2S. The van der Waals surface area contributed by atoms with Gasteiger partial charge in [-0.25, -0.2) is 4.39 Å². The van der Waals surface area contributed by atoms with Crippen molar-refractivity contribution >= 4 is 22.4 Å². The molecular weight excluding hydrogens is 267 g/mol. The fourth-order valence-electron chi connectivity index (χ4n) is 1.68. The maximum atomic E-state index is 13.5. The molecule has 0 saturated carbocycles. The third-order valence-electron chi connectivity index (χ3n) is 2.72. The first-order chi connectivity index (χ1) is 8.95. The van der Waals surface area contributed by atoms with E-state index in [1.54, 1.807) is 19.4 Å². The number of para-hydroxylation sites is 1. The van der Waals surface area contributed by atoms with Crippen LogP contribution in [0, 0.1) is 5.82 Å². The van der Waals surface area contributed by atoms with Crippen molar-refractivity contribution in [1.82, 2.24) is 5.32 Å². The number of halogens is 1. The van der Waals surface area contributed by atoms with Gasteiger partial charge in [0, 0.05) is 35.9 Å². The smallest absolute Gasteiger partial charge is 0.253 e. The predicted molar refractivity (Wildman–Crippen MR) is 76.4 cm³/mol. The van der Waals surface area contributed by atoms with Gasteiger partial charge in [0.15, 0.2) is 0 Å². The van der Waals surface area contributed by atoms with Crippen molar-refractivity contribution in [2.75, 3.05) is 24.4 Å². The molecule has 1 amide bonds. The molecule has 0 fully saturated rings. The predicted octanol–water partition coefficient (Wildman–Crippen LogP) is 1.75. The number of hydrogen-bond acceptors (Lipinski definition) is 3. The molecule has 0 spiro atoms. The molecule has 0 saturated heterocycles. The summed E-state index contributed by atoms with van der Waals surface area (Å²) in [4.78, 5) is 12.0. The van der Waals surface area contributed by atoms with Gasteiger partial charge in [-0.3, -0.25) is 9.00 Å². The van der Waals surface area contributed by atoms with Crippen LogP contribution in [0.3, 0.4) is 0 Å². The monoisotopic (exact) mass is 286 g/mol. The third-order valence-corrected chi connectivity index (χ3v) is 3.53. The fraction of sp³-hybridized carbons (Fsp3) is 0.462. The second-order valence-electron chi connectivity index (χ2n) is 4.35. The summed E-state index contributed by atoms with van der Waals surface area (Å²) in [6.07, 6.45) is 2.25. The molecule has 19 heavy (non-hydrogen) atoms. The molecule has 4 nitrogen and oxygen atoms in total. The molecule has 0 radical (unpaired) electrons. The van der Waals surface area contributed by atoms with Crippen molar-refractivity contribution in [1.29, 1.82) is 0 Å². The Kier molecular flexibility index (Phi) is 5.95. The number of carbonyl (C=O) groups excluding carboxylic acids is 1. The van der Waals surface area contributed by atoms with Crippen LogP contribution < -0.4 is 10.6 Å². The number of benzene rings is 1. The van der Waals surface area contributed by atoms with Crippen LogP contribution in [0.15, 0.2) is 18.2 Å². The molecule has 0 aromatic heterocycles. The van der Waals surface area contributed by atoms with Crippen LogP contribution in [0.4, 0.5) is 10.1 Å². The second kappa shape index (κ2) is 7.23. The highest BCUT2D eigenvalue weighted by Crippen LogP contribution is 2.19. The van der Waals surface area contributed by atoms with E-state index in [2.05, 4.69) is 10.6 Å². The molecule has 1 aromatic carbocycles. The maximum Gasteiger partial charge on any atom is 0.253 e. The maximum absolute atomic E-state index is 13.5. The van der Waals surface area contributed by atoms with Crippen molar-refractivity contribution in [2.45, 2.75) is 19.4 Å². The molecule has 6 heteroatoms. The number of nitrogens with one attached hydrogen (secondary N) is 2. The van der Waals surface area contributed by atoms with Crippen LogP contribution in [0.25, 0.3) is 0 Å². The summed E-state index contributed by atoms with van der Waals surface area (Å²) in [7, 11) is 0.690. The van der Waals surface area contributed by atoms with E-state index >= 15 is 0 Å². The number of hydrogen-bond donors (Lipinski definition) is 2. The van der Waals surface area contributed by atoms with Crippen LogP contribution in [0.1, 0.15) is 23.7 Å². The fourth-order valence-corrected chi connectivity index (χ4v) is 2.37. The Morgan fingerprint density at radius 1 is 1.47 bits per heavy atom. The van der Waals surface area contributed by atoms with Gasteiger partial charge in [0.1, 0.15) is 5.82 Å². The van der Waals surface area contributed by atoms with Crippen LogP contribution in [-0.2, 0) is 10.8 Å². The molecule has 0 heterocycles. The van der Waals surface area contributed by atoms with Crippen LogP contribution >= 0.6 is 0 Å². The van der Waals surface area contributed by atoms with Gasteiger partial charge in [-0.2, -0.15) is 0 Å². The lowest BCUT2D eigenvalue weighted by Gasteiger charge is -2.15. The molecule has 1 rings (SSSR count). The summed E-state index contributed by atoms with van der Waals surface area (Å²) in [5.41, 5.74) is 0.457. The Morgan fingerprint density at radius 2 is 2.16 bits per heavy atom. The van der Waals surface area contributed by atoms with E-state index in [-0.39, 0.29) is 23.2 Å². The molecule has 106 valence electrons. The van der Waals surface area contributed by atoms with E-state index < -0.39 is 16.6 Å². The highest BCUT2D eigenvalue weighted by Gasteiger charge is 2.15. The Bertz CT molecular complexity index is 480. The summed E-state index contributed by atoms with van der Waals surface area (Å²) in [6.45, 7) is 1.84. The van der Waals surface area contributed by atoms with Gasteiger partial charge in [-0.15, -0.1) is 0 Å². The Morgan fingerprint density at radius 3 is 2.74 bits per heavy atom. The average Bonchev–Trinajstić information content (AvgIpc) is 2.36. The molecule has 0 aliphatic heterocycles. The van der Waals surface area contributed by atoms with Gasteiger partial charge in [0.25, 0.3) is 5.91 Å². The first-order valence-corrected chi connectivity index (χ1v) is 7.75. The SMILES string of the molecule is CNc1c(F)cccc1C(=O)NC(C)CCS(C)=O. The molecule has 0 bridgehead atoms. The lowest BCUT2D eigenvalue weighted by Crippen LogP contribution is -2.34. The normalized spacial score (nSPS) is 13.7. The highest BCUT2D eigenvalue weighted by molar-refractivity contribution is 7.84. The lowest BCUT2D eigenvalue weighted by atomic mass is 10.1. The summed E-state index contributed by atoms with van der Waals surface area (Å²) >= 11 is 0. The summed E-state index contributed by atoms with van der Waals surface area (Å²) < 4.78 is 24.5. The van der Waals surface area contributed by atoms with Gasteiger partial charge < -0.3 is 10.6 Å². The Labute approximate surface area is 115 Å². The minimum Gasteiger partial charge on any atom is -0.385 e. The zero-order valence-corrected chi connectivity index (χ0v) is 12.1. The van der Waals surface area contributed by atoms with Crippen molar-refractivity contribution in [2.24, 2.45) is 0 Å². The van der Waals surface area contributed by atoms with Crippen molar-refractivity contribution in [3.8, 4) is 0 Å². The highest BCUT2D eigenvalue weighted by atomic mass is 32.2. The topological polar surface area (TPSA) is 58.2 Å². The van der Waals surface area contributed by atoms with Crippen LogP contribution in [0.2, 0.25) is 0 Å². The third kappa shape index (κ3) is 4.63. The quantitative estimate of drug-likeness (QED) is 0.837. The van der Waals surface area contributed by atoms with Gasteiger partial charge in [0.2, 0.25) is 0 Å². The standard InChI is InChI=1S/C13H19FN2O2S/c1-9(7-8-19(3)18)16-13(17)10-5-4-6-11(14)12(10)15-2/h4-6,9,15H,7-8H2,1-3H3,(H,16,17). The van der Waals surface area contributed by atoms with Gasteiger partial charge in [-0.1, -0.05) is 6.07 Å². The van der Waals surface area contributed by atoms with Gasteiger partial charge >= 0.3 is 0 Å². The zero-order valence-electron chi connectivity index (χ0n) is 11.3. The summed E-state index contributed by atoms with van der Waals surface area (Å²) in [5, 5.41) is 5.46. The van der Waals surface area contributed by atoms with Crippen molar-refractivity contribution < 1.29 is 13.4 Å². The largest absolute Gasteiger partial charge is 0.385 e. The Hall–Kier alpha value is -1.43. The Balaban J connectivity index is 2.73. The molecule has 0 aliphatic carbocycles. The average molecular weight is 286 g/mol. The summed E-state index contributed by atoms with van der Waals surface area (Å²) in [5.74, 6) is -0.264. The first kappa shape index (κ1) is 15.6. The number of anilines is 1. The van der Waals surface area contributed by atoms with E-state index in [0.29, 0.717) is 12.2 Å². The van der Waals surface area contributed by atoms with Crippen molar-refractivity contribution in [3.63, 3.8) is 0 Å². The number of rotatable bonds is 6. The second-order valence-corrected chi connectivity index (χ2v) is 5.91. The molecule has 1 aromatic rings. The lowest BCUT2D eigenvalue weighted by molar-refractivity contribution is 0.0940. The van der Waals surface area contributed by atoms with Crippen molar-refractivity contribution in [3.05, 3.63) is 29.6 Å². The van der Waals surface area contributed by atoms with E-state index in [9.17, 15) is 13.4 Å². The van der Waals surface area contributed by atoms with Gasteiger partial charge in [-0.05, 0) is 25.5 Å². The molecule has 2 N–H and O–H groups in total. The van der Waals surface area contributed by atoms with E-state index in [1.165, 1.54) is 12.1 Å². The van der Waals surface area contributed by atoms with E-state index in [0.717, 1.165) is 0 Å². The number of amides is 1. The molecule has 2 unspecified atom stereocenters. The molecule has 0 aliphatic rings. The van der Waals surface area contributed by atoms with E-state index in [4.69, 9.17) is 0 Å². The minimum atomic E-state index is -0.879. The zero-order chi connectivity index (χ0) is 14.4. The first-order valence-electron chi connectivity index (χ1n) is 6.02. The van der Waals surface area contributed by atoms with E-state index in [1.807, 2.05) is 6.92 Å². The molecule has 2 atom stereocenters. The van der Waals surface area contributed by atoms with Gasteiger partial charge in [0.05, 0.1) is 11.3 Å².